The molecule has 1 N–H and O–H groups in total. The van der Waals surface area contributed by atoms with Crippen molar-refractivity contribution in [2.45, 2.75) is 12.1 Å². The normalized spacial score (nSPS) is 17.5. The fourth-order valence-electron chi connectivity index (χ4n) is 4.11. The van der Waals surface area contributed by atoms with Crippen LogP contribution in [-0.4, -0.2) is 23.2 Å². The molecule has 170 valence electrons. The first-order valence-electron chi connectivity index (χ1n) is 10.6. The Morgan fingerprint density at radius 1 is 1.09 bits per heavy atom. The van der Waals surface area contributed by atoms with E-state index in [1.54, 1.807) is 36.5 Å². The number of hydrogen-bond donors (Lipinski definition) is 1. The molecule has 4 aromatic rings. The van der Waals surface area contributed by atoms with E-state index in [1.165, 1.54) is 19.2 Å². The van der Waals surface area contributed by atoms with Gasteiger partial charge in [0.05, 0.1) is 24.4 Å². The Hall–Kier alpha value is -4.04. The van der Waals surface area contributed by atoms with Crippen LogP contribution in [0, 0.1) is 5.82 Å². The summed E-state index contributed by atoms with van der Waals surface area (Å²) in [4.78, 5) is 18.4. The summed E-state index contributed by atoms with van der Waals surface area (Å²) >= 11 is 5.67. The third-order valence-corrected chi connectivity index (χ3v) is 6.00. The summed E-state index contributed by atoms with van der Waals surface area (Å²) in [7, 11) is 1.35. The number of methoxy groups -OCH3 is 1. The van der Waals surface area contributed by atoms with Gasteiger partial charge in [0.25, 0.3) is 0 Å². The Kier molecular flexibility index (Phi) is 5.81. The van der Waals surface area contributed by atoms with E-state index >= 15 is 0 Å². The van der Waals surface area contributed by atoms with Crippen LogP contribution < -0.4 is 10.2 Å². The molecule has 0 amide bonds. The second-order valence-electron chi connectivity index (χ2n) is 7.75. The van der Waals surface area contributed by atoms with Gasteiger partial charge in [0.1, 0.15) is 23.4 Å². The van der Waals surface area contributed by atoms with Crippen molar-refractivity contribution in [1.29, 1.82) is 0 Å². The van der Waals surface area contributed by atoms with E-state index in [2.05, 4.69) is 10.3 Å². The number of esters is 1. The van der Waals surface area contributed by atoms with Crippen molar-refractivity contribution < 1.29 is 18.3 Å². The van der Waals surface area contributed by atoms with Gasteiger partial charge in [-0.15, -0.1) is 0 Å². The van der Waals surface area contributed by atoms with E-state index < -0.39 is 5.97 Å². The molecule has 0 spiro atoms. The van der Waals surface area contributed by atoms with Gasteiger partial charge in [-0.05, 0) is 72.9 Å². The zero-order chi connectivity index (χ0) is 23.7. The van der Waals surface area contributed by atoms with Gasteiger partial charge in [-0.3, -0.25) is 4.98 Å². The molecule has 0 aliphatic carbocycles. The number of carbonyl (C=O) groups excluding carboxylic acids is 1. The first-order valence-corrected chi connectivity index (χ1v) is 11.0. The van der Waals surface area contributed by atoms with E-state index in [0.29, 0.717) is 22.2 Å². The van der Waals surface area contributed by atoms with Gasteiger partial charge < -0.3 is 19.4 Å². The maximum atomic E-state index is 13.6. The van der Waals surface area contributed by atoms with Crippen molar-refractivity contribution in [3.05, 3.63) is 108 Å². The molecule has 6 nitrogen and oxygen atoms in total. The Bertz CT molecular complexity index is 1340. The summed E-state index contributed by atoms with van der Waals surface area (Å²) in [6.07, 6.45) is 1.73. The number of anilines is 1. The van der Waals surface area contributed by atoms with Crippen molar-refractivity contribution in [2.24, 2.45) is 0 Å². The summed E-state index contributed by atoms with van der Waals surface area (Å²) in [5.41, 5.74) is 2.70. The van der Waals surface area contributed by atoms with E-state index in [4.69, 9.17) is 21.4 Å². The van der Waals surface area contributed by atoms with Crippen molar-refractivity contribution in [1.82, 2.24) is 10.3 Å². The highest BCUT2D eigenvalue weighted by Crippen LogP contribution is 2.42. The SMILES string of the molecule is COC(=O)c1cccc(-c2ccc([C@H]3[C@H](c4ccccn4)NC(=S)N3c3ccc(F)cc3)o2)c1. The summed E-state index contributed by atoms with van der Waals surface area (Å²) in [5.74, 6) is 0.491. The van der Waals surface area contributed by atoms with E-state index in [1.807, 2.05) is 41.3 Å². The topological polar surface area (TPSA) is 67.6 Å². The zero-order valence-electron chi connectivity index (χ0n) is 18.1. The van der Waals surface area contributed by atoms with Crippen molar-refractivity contribution in [3.8, 4) is 11.3 Å². The van der Waals surface area contributed by atoms with E-state index in [9.17, 15) is 9.18 Å². The Morgan fingerprint density at radius 3 is 2.65 bits per heavy atom. The minimum Gasteiger partial charge on any atom is -0.465 e. The van der Waals surface area contributed by atoms with Crippen LogP contribution >= 0.6 is 12.2 Å². The number of pyridine rings is 1. The van der Waals surface area contributed by atoms with Crippen LogP contribution in [0.2, 0.25) is 0 Å². The monoisotopic (exact) mass is 473 g/mol. The van der Waals surface area contributed by atoms with Gasteiger partial charge in [-0.1, -0.05) is 18.2 Å². The minimum absolute atomic E-state index is 0.292. The van der Waals surface area contributed by atoms with Crippen molar-refractivity contribution in [2.75, 3.05) is 12.0 Å². The van der Waals surface area contributed by atoms with Gasteiger partial charge in [0, 0.05) is 17.4 Å². The third-order valence-electron chi connectivity index (χ3n) is 5.69. The molecule has 2 aromatic heterocycles. The van der Waals surface area contributed by atoms with Gasteiger partial charge in [0.2, 0.25) is 0 Å². The molecule has 5 rings (SSSR count). The highest BCUT2D eigenvalue weighted by molar-refractivity contribution is 7.80. The molecule has 1 aliphatic heterocycles. The standard InChI is InChI=1S/C26H20FN3O3S/c1-32-25(31)17-6-4-5-16(15-17)21-12-13-22(33-21)24-23(20-7-2-3-14-28-20)29-26(34)30(24)19-10-8-18(27)9-11-19/h2-15,23-24H,1H3,(H,29,34)/t23-,24-/m0/s1. The average Bonchev–Trinajstić information content (AvgIpc) is 3.49. The fraction of sp³-hybridized carbons (Fsp3) is 0.115. The largest absolute Gasteiger partial charge is 0.465 e. The number of furan rings is 1. The highest BCUT2D eigenvalue weighted by Gasteiger charge is 2.42. The molecule has 8 heteroatoms. The molecule has 1 saturated heterocycles. The lowest BCUT2D eigenvalue weighted by Gasteiger charge is -2.26. The molecule has 1 aliphatic rings. The van der Waals surface area contributed by atoms with Gasteiger partial charge in [0.15, 0.2) is 5.11 Å². The smallest absolute Gasteiger partial charge is 0.337 e. The summed E-state index contributed by atoms with van der Waals surface area (Å²) in [5, 5.41) is 3.83. The van der Waals surface area contributed by atoms with Crippen LogP contribution in [0.25, 0.3) is 11.3 Å². The maximum Gasteiger partial charge on any atom is 0.337 e. The van der Waals surface area contributed by atoms with Crippen LogP contribution in [0.4, 0.5) is 10.1 Å². The van der Waals surface area contributed by atoms with Crippen molar-refractivity contribution >= 4 is 29.0 Å². The second kappa shape index (κ2) is 9.07. The van der Waals surface area contributed by atoms with Gasteiger partial charge in [-0.25, -0.2) is 9.18 Å². The number of thiocarbonyl (C=S) groups is 1. The number of aromatic nitrogens is 1. The van der Waals surface area contributed by atoms with Crippen LogP contribution in [0.1, 0.15) is 33.9 Å². The number of nitrogens with zero attached hydrogens (tertiary/aromatic N) is 2. The zero-order valence-corrected chi connectivity index (χ0v) is 19.0. The Balaban J connectivity index is 1.57. The lowest BCUT2D eigenvalue weighted by Crippen LogP contribution is -2.29. The molecular formula is C26H20FN3O3S. The van der Waals surface area contributed by atoms with Crippen LogP contribution in [0.15, 0.2) is 89.5 Å². The summed E-state index contributed by atoms with van der Waals surface area (Å²) < 4.78 is 24.7. The Labute approximate surface area is 201 Å². The molecule has 0 radical (unpaired) electrons. The quantitative estimate of drug-likeness (QED) is 0.306. The molecule has 2 atom stereocenters. The summed E-state index contributed by atoms with van der Waals surface area (Å²) in [6.45, 7) is 0. The second-order valence-corrected chi connectivity index (χ2v) is 8.13. The van der Waals surface area contributed by atoms with Gasteiger partial charge >= 0.3 is 5.97 Å². The number of hydrogen-bond acceptors (Lipinski definition) is 5. The minimum atomic E-state index is -0.420. The fourth-order valence-corrected chi connectivity index (χ4v) is 4.45. The van der Waals surface area contributed by atoms with E-state index in [0.717, 1.165) is 16.9 Å². The molecule has 1 fully saturated rings. The average molecular weight is 474 g/mol. The maximum absolute atomic E-state index is 13.6. The molecule has 0 bridgehead atoms. The highest BCUT2D eigenvalue weighted by atomic mass is 32.1. The lowest BCUT2D eigenvalue weighted by molar-refractivity contribution is 0.0601. The predicted octanol–water partition coefficient (Wildman–Crippen LogP) is 5.44. The lowest BCUT2D eigenvalue weighted by atomic mass is 10.0. The Morgan fingerprint density at radius 2 is 1.91 bits per heavy atom. The summed E-state index contributed by atoms with van der Waals surface area (Å²) in [6, 6.07) is 22.0. The number of benzene rings is 2. The molecule has 2 aromatic carbocycles. The molecule has 34 heavy (non-hydrogen) atoms. The predicted molar refractivity (Wildman–Crippen MR) is 130 cm³/mol. The number of ether oxygens (including phenoxy) is 1. The number of halogens is 1. The van der Waals surface area contributed by atoms with Gasteiger partial charge in [-0.2, -0.15) is 0 Å². The molecule has 0 unspecified atom stereocenters. The number of carbonyl (C=O) groups is 1. The van der Waals surface area contributed by atoms with Crippen LogP contribution in [0.5, 0.6) is 0 Å². The number of rotatable bonds is 5. The van der Waals surface area contributed by atoms with Crippen LogP contribution in [0.3, 0.4) is 0 Å². The first-order chi connectivity index (χ1) is 16.5. The number of nitrogens with one attached hydrogen (secondary N) is 1. The molecular weight excluding hydrogens is 453 g/mol. The molecule has 3 heterocycles. The molecule has 0 saturated carbocycles. The van der Waals surface area contributed by atoms with Crippen molar-refractivity contribution in [3.63, 3.8) is 0 Å². The third kappa shape index (κ3) is 4.04. The van der Waals surface area contributed by atoms with Crippen LogP contribution in [-0.2, 0) is 4.74 Å². The van der Waals surface area contributed by atoms with E-state index in [-0.39, 0.29) is 17.9 Å². The first kappa shape index (κ1) is 21.8.